The van der Waals surface area contributed by atoms with Gasteiger partial charge in [-0.15, -0.1) is 12.4 Å². The normalized spacial score (nSPS) is 16.4. The van der Waals surface area contributed by atoms with E-state index in [9.17, 15) is 9.90 Å². The summed E-state index contributed by atoms with van der Waals surface area (Å²) in [5.74, 6) is 1.18. The number of nitrogens with zero attached hydrogens (tertiary/aromatic N) is 2. The molecule has 0 fully saturated rings. The largest absolute Gasteiger partial charge is 0.497 e. The van der Waals surface area contributed by atoms with E-state index in [1.165, 1.54) is 11.1 Å². The number of fused-ring (bicyclic) bond motifs is 1. The molecule has 4 rings (SSSR count). The van der Waals surface area contributed by atoms with Crippen LogP contribution in [0.1, 0.15) is 61.3 Å². The molecule has 0 aliphatic heterocycles. The van der Waals surface area contributed by atoms with Crippen molar-refractivity contribution in [2.75, 3.05) is 37.6 Å². The molecule has 5 nitrogen and oxygen atoms in total. The monoisotopic (exact) mass is 536 g/mol. The third-order valence-corrected chi connectivity index (χ3v) is 7.74. The number of rotatable bonds is 9. The number of carbonyl (C=O) groups is 1. The van der Waals surface area contributed by atoms with Crippen molar-refractivity contribution < 1.29 is 14.6 Å². The molecule has 0 heterocycles. The van der Waals surface area contributed by atoms with E-state index in [0.29, 0.717) is 25.3 Å². The number of halogens is 1. The predicted molar refractivity (Wildman–Crippen MR) is 159 cm³/mol. The fraction of sp³-hybridized carbons (Fsp3) is 0.406. The van der Waals surface area contributed by atoms with Crippen molar-refractivity contribution in [2.24, 2.45) is 0 Å². The highest BCUT2D eigenvalue weighted by atomic mass is 35.5. The summed E-state index contributed by atoms with van der Waals surface area (Å²) in [5, 5.41) is 10.2. The van der Waals surface area contributed by atoms with Crippen molar-refractivity contribution >= 4 is 29.7 Å². The third kappa shape index (κ3) is 6.00. The second-order valence-corrected chi connectivity index (χ2v) is 10.6. The molecule has 1 N–H and O–H groups in total. The summed E-state index contributed by atoms with van der Waals surface area (Å²) in [6, 6.07) is 22.8. The van der Waals surface area contributed by atoms with Crippen molar-refractivity contribution in [3.05, 3.63) is 89.0 Å². The highest BCUT2D eigenvalue weighted by molar-refractivity contribution is 6.01. The van der Waals surface area contributed by atoms with Gasteiger partial charge in [0.25, 0.3) is 0 Å². The lowest BCUT2D eigenvalue weighted by atomic mass is 9.67. The van der Waals surface area contributed by atoms with Gasteiger partial charge in [0.2, 0.25) is 5.91 Å². The summed E-state index contributed by atoms with van der Waals surface area (Å²) in [7, 11) is 5.70. The topological polar surface area (TPSA) is 53.0 Å². The van der Waals surface area contributed by atoms with E-state index in [1.807, 2.05) is 31.1 Å². The van der Waals surface area contributed by atoms with Gasteiger partial charge in [0.1, 0.15) is 5.75 Å². The van der Waals surface area contributed by atoms with E-state index in [2.05, 4.69) is 73.3 Å². The Hall–Kier alpha value is -3.02. The number of benzene rings is 3. The van der Waals surface area contributed by atoms with Crippen LogP contribution in [0.25, 0.3) is 0 Å². The van der Waals surface area contributed by atoms with E-state index >= 15 is 0 Å². The molecule has 3 aromatic rings. The standard InChI is InChI=1S/C32H40N2O3.ClH/c1-23(2)25-10-15-28(16-11-25)34(22-24-8-13-27(14-9-24)33(3)4)31(36)32(19-20-35)18-6-7-26-12-17-29(37-5)21-30(26)32;/h8-17,21,23,35H,6-7,18-20,22H2,1-5H3;1H/t32-;/m1./s1. The third-order valence-electron chi connectivity index (χ3n) is 7.74. The Bertz CT molecular complexity index is 1210. The second kappa shape index (κ2) is 12.7. The van der Waals surface area contributed by atoms with Crippen molar-refractivity contribution in [3.8, 4) is 5.75 Å². The molecular formula is C32H41ClN2O3. The molecule has 0 saturated carbocycles. The molecule has 0 bridgehead atoms. The first-order chi connectivity index (χ1) is 17.8. The van der Waals surface area contributed by atoms with Crippen molar-refractivity contribution in [1.82, 2.24) is 0 Å². The van der Waals surface area contributed by atoms with Gasteiger partial charge in [-0.1, -0.05) is 44.2 Å². The van der Waals surface area contributed by atoms with Crippen LogP contribution in [-0.2, 0) is 23.2 Å². The molecule has 0 unspecified atom stereocenters. The summed E-state index contributed by atoms with van der Waals surface area (Å²) < 4.78 is 5.55. The van der Waals surface area contributed by atoms with Gasteiger partial charge in [-0.3, -0.25) is 4.79 Å². The quantitative estimate of drug-likeness (QED) is 0.339. The SMILES string of the molecule is COc1ccc2c(c1)[C@@](CCO)(C(=O)N(Cc1ccc(N(C)C)cc1)c1ccc(C(C)C)cc1)CCC2.Cl. The Kier molecular flexibility index (Phi) is 9.86. The van der Waals surface area contributed by atoms with Gasteiger partial charge in [0.05, 0.1) is 19.1 Å². The van der Waals surface area contributed by atoms with Gasteiger partial charge in [-0.25, -0.2) is 0 Å². The van der Waals surface area contributed by atoms with Gasteiger partial charge in [0, 0.05) is 32.1 Å². The first kappa shape index (κ1) is 29.5. The molecule has 6 heteroatoms. The highest BCUT2D eigenvalue weighted by Gasteiger charge is 2.45. The van der Waals surface area contributed by atoms with Gasteiger partial charge in [-0.05, 0) is 90.3 Å². The molecule has 3 aromatic carbocycles. The van der Waals surface area contributed by atoms with Crippen molar-refractivity contribution in [2.45, 2.75) is 57.4 Å². The second-order valence-electron chi connectivity index (χ2n) is 10.6. The zero-order chi connectivity index (χ0) is 26.6. The molecule has 1 aliphatic rings. The van der Waals surface area contributed by atoms with E-state index < -0.39 is 5.41 Å². The van der Waals surface area contributed by atoms with E-state index in [0.717, 1.165) is 41.1 Å². The smallest absolute Gasteiger partial charge is 0.238 e. The van der Waals surface area contributed by atoms with E-state index in [1.54, 1.807) is 7.11 Å². The van der Waals surface area contributed by atoms with Crippen LogP contribution in [0, 0.1) is 0 Å². The van der Waals surface area contributed by atoms with Crippen LogP contribution in [-0.4, -0.2) is 38.8 Å². The van der Waals surface area contributed by atoms with Gasteiger partial charge in [0.15, 0.2) is 0 Å². The maximum Gasteiger partial charge on any atom is 0.238 e. The fourth-order valence-corrected chi connectivity index (χ4v) is 5.50. The minimum Gasteiger partial charge on any atom is -0.497 e. The summed E-state index contributed by atoms with van der Waals surface area (Å²) in [4.78, 5) is 18.7. The van der Waals surface area contributed by atoms with Crippen molar-refractivity contribution in [1.29, 1.82) is 0 Å². The number of amides is 1. The Balaban J connectivity index is 0.00000400. The number of aryl methyl sites for hydroxylation is 1. The Morgan fingerprint density at radius 2 is 1.66 bits per heavy atom. The van der Waals surface area contributed by atoms with Crippen LogP contribution in [0.2, 0.25) is 0 Å². The maximum absolute atomic E-state index is 14.7. The summed E-state index contributed by atoms with van der Waals surface area (Å²) in [6.45, 7) is 4.75. The molecule has 0 radical (unpaired) electrons. The van der Waals surface area contributed by atoms with Gasteiger partial charge >= 0.3 is 0 Å². The number of aliphatic hydroxyl groups is 1. The molecule has 0 saturated heterocycles. The number of ether oxygens (including phenoxy) is 1. The zero-order valence-electron chi connectivity index (χ0n) is 23.2. The highest BCUT2D eigenvalue weighted by Crippen LogP contribution is 2.44. The lowest BCUT2D eigenvalue weighted by molar-refractivity contribution is -0.125. The average molecular weight is 537 g/mol. The molecule has 204 valence electrons. The van der Waals surface area contributed by atoms with Gasteiger partial charge < -0.3 is 19.6 Å². The fourth-order valence-electron chi connectivity index (χ4n) is 5.50. The molecule has 0 aromatic heterocycles. The van der Waals surface area contributed by atoms with Crippen molar-refractivity contribution in [3.63, 3.8) is 0 Å². The van der Waals surface area contributed by atoms with E-state index in [-0.39, 0.29) is 24.9 Å². The minimum absolute atomic E-state index is 0. The molecule has 1 amide bonds. The van der Waals surface area contributed by atoms with Crippen LogP contribution in [0.5, 0.6) is 5.75 Å². The number of methoxy groups -OCH3 is 1. The average Bonchev–Trinajstić information content (AvgIpc) is 2.91. The Morgan fingerprint density at radius 1 is 1.00 bits per heavy atom. The number of aliphatic hydroxyl groups excluding tert-OH is 1. The Labute approximate surface area is 233 Å². The summed E-state index contributed by atoms with van der Waals surface area (Å²) in [6.07, 6.45) is 2.91. The summed E-state index contributed by atoms with van der Waals surface area (Å²) in [5.41, 5.74) is 5.64. The molecule has 1 aliphatic carbocycles. The molecule has 0 spiro atoms. The van der Waals surface area contributed by atoms with Crippen LogP contribution in [0.15, 0.2) is 66.7 Å². The lowest BCUT2D eigenvalue weighted by Gasteiger charge is -2.41. The predicted octanol–water partition coefficient (Wildman–Crippen LogP) is 6.50. The van der Waals surface area contributed by atoms with Crippen LogP contribution in [0.3, 0.4) is 0 Å². The van der Waals surface area contributed by atoms with Gasteiger partial charge in [-0.2, -0.15) is 0 Å². The Morgan fingerprint density at radius 3 is 2.24 bits per heavy atom. The number of hydrogen-bond donors (Lipinski definition) is 1. The zero-order valence-corrected chi connectivity index (χ0v) is 24.1. The van der Waals surface area contributed by atoms with Crippen LogP contribution in [0.4, 0.5) is 11.4 Å². The molecule has 1 atom stereocenters. The molecular weight excluding hydrogens is 496 g/mol. The van der Waals surface area contributed by atoms with Crippen LogP contribution < -0.4 is 14.5 Å². The van der Waals surface area contributed by atoms with Crippen LogP contribution >= 0.6 is 12.4 Å². The maximum atomic E-state index is 14.7. The lowest BCUT2D eigenvalue weighted by Crippen LogP contribution is -2.49. The van der Waals surface area contributed by atoms with E-state index in [4.69, 9.17) is 4.74 Å². The number of anilines is 2. The minimum atomic E-state index is -0.808. The number of hydrogen-bond acceptors (Lipinski definition) is 4. The first-order valence-corrected chi connectivity index (χ1v) is 13.3. The number of carbonyl (C=O) groups excluding carboxylic acids is 1. The molecule has 38 heavy (non-hydrogen) atoms. The summed E-state index contributed by atoms with van der Waals surface area (Å²) >= 11 is 0. The first-order valence-electron chi connectivity index (χ1n) is 13.3.